The van der Waals surface area contributed by atoms with Gasteiger partial charge in [-0.3, -0.25) is 0 Å². The van der Waals surface area contributed by atoms with E-state index in [9.17, 15) is 0 Å². The summed E-state index contributed by atoms with van der Waals surface area (Å²) in [5.74, 6) is 0. The molecule has 0 aliphatic carbocycles. The largest absolute Gasteiger partial charge is 0.327 e. The zero-order chi connectivity index (χ0) is 11.3. The minimum Gasteiger partial charge on any atom is -0.327 e. The first-order chi connectivity index (χ1) is 7.19. The maximum absolute atomic E-state index is 5.68. The van der Waals surface area contributed by atoms with Crippen LogP contribution in [0.2, 0.25) is 0 Å². The lowest BCUT2D eigenvalue weighted by Crippen LogP contribution is -2.01. The van der Waals surface area contributed by atoms with E-state index >= 15 is 0 Å². The molecule has 80 valence electrons. The molecule has 0 atom stereocenters. The highest BCUT2D eigenvalue weighted by Gasteiger charge is 2.03. The molecule has 1 heterocycles. The molecule has 0 amide bonds. The first-order valence-corrected chi connectivity index (χ1v) is 5.76. The Balaban J connectivity index is 3.12. The van der Waals surface area contributed by atoms with Gasteiger partial charge in [0.2, 0.25) is 0 Å². The quantitative estimate of drug-likeness (QED) is 0.770. The highest BCUT2D eigenvalue weighted by atomic mass is 32.1. The number of allylic oxidation sites excluding steroid dienone is 4. The van der Waals surface area contributed by atoms with Gasteiger partial charge in [0.1, 0.15) is 0 Å². The molecule has 0 aromatic carbocycles. The van der Waals surface area contributed by atoms with Gasteiger partial charge in [0.15, 0.2) is 0 Å². The van der Waals surface area contributed by atoms with Crippen molar-refractivity contribution in [2.75, 3.05) is 6.54 Å². The number of hydrogen-bond acceptors (Lipinski definition) is 2. The standard InChI is InChI=1S/C13H17NS/c1-4-5-6-12(10(2)9-14)13-8-7-11(3)15-13/h4-8H,1,9,14H2,2-3H3/b6-5-,12-10-. The van der Waals surface area contributed by atoms with Crippen molar-refractivity contribution in [1.82, 2.24) is 0 Å². The average molecular weight is 219 g/mol. The molecule has 0 saturated carbocycles. The van der Waals surface area contributed by atoms with Crippen molar-refractivity contribution >= 4 is 16.9 Å². The Kier molecular flexibility index (Phi) is 4.53. The fourth-order valence-corrected chi connectivity index (χ4v) is 2.26. The van der Waals surface area contributed by atoms with Crippen LogP contribution in [0, 0.1) is 6.92 Å². The third kappa shape index (κ3) is 3.18. The molecule has 2 heteroatoms. The molecule has 0 spiro atoms. The van der Waals surface area contributed by atoms with Crippen LogP contribution in [0.1, 0.15) is 16.7 Å². The van der Waals surface area contributed by atoms with Crippen LogP contribution < -0.4 is 5.73 Å². The van der Waals surface area contributed by atoms with Crippen molar-refractivity contribution in [3.8, 4) is 0 Å². The lowest BCUT2D eigenvalue weighted by molar-refractivity contribution is 1.15. The minimum absolute atomic E-state index is 0.591. The van der Waals surface area contributed by atoms with Gasteiger partial charge in [0.05, 0.1) is 0 Å². The van der Waals surface area contributed by atoms with Crippen molar-refractivity contribution in [3.05, 3.63) is 52.3 Å². The molecule has 1 rings (SSSR count). The van der Waals surface area contributed by atoms with E-state index < -0.39 is 0 Å². The number of aryl methyl sites for hydroxylation is 1. The second-order valence-corrected chi connectivity index (χ2v) is 4.69. The van der Waals surface area contributed by atoms with Gasteiger partial charge in [0.25, 0.3) is 0 Å². The van der Waals surface area contributed by atoms with E-state index in [1.807, 2.05) is 6.08 Å². The number of rotatable bonds is 4. The third-order valence-electron chi connectivity index (χ3n) is 2.17. The molecule has 0 bridgehead atoms. The smallest absolute Gasteiger partial charge is 0.0345 e. The Morgan fingerprint density at radius 3 is 2.73 bits per heavy atom. The molecule has 0 unspecified atom stereocenters. The van der Waals surface area contributed by atoms with Gasteiger partial charge in [-0.15, -0.1) is 11.3 Å². The summed E-state index contributed by atoms with van der Waals surface area (Å²) in [6, 6.07) is 4.27. The predicted octanol–water partition coefficient (Wildman–Crippen LogP) is 3.53. The fourth-order valence-electron chi connectivity index (χ4n) is 1.29. The summed E-state index contributed by atoms with van der Waals surface area (Å²) in [6.07, 6.45) is 5.80. The van der Waals surface area contributed by atoms with Gasteiger partial charge >= 0.3 is 0 Å². The van der Waals surface area contributed by atoms with Crippen molar-refractivity contribution in [2.24, 2.45) is 5.73 Å². The van der Waals surface area contributed by atoms with Crippen molar-refractivity contribution in [2.45, 2.75) is 13.8 Å². The summed E-state index contributed by atoms with van der Waals surface area (Å²) >= 11 is 1.79. The Morgan fingerprint density at radius 2 is 2.27 bits per heavy atom. The Bertz CT molecular complexity index is 396. The summed E-state index contributed by atoms with van der Waals surface area (Å²) in [7, 11) is 0. The topological polar surface area (TPSA) is 26.0 Å². The first kappa shape index (κ1) is 12.0. The molecule has 1 aromatic rings. The zero-order valence-corrected chi connectivity index (χ0v) is 10.1. The van der Waals surface area contributed by atoms with Crippen molar-refractivity contribution in [3.63, 3.8) is 0 Å². The van der Waals surface area contributed by atoms with Gasteiger partial charge in [-0.1, -0.05) is 30.4 Å². The molecule has 2 N–H and O–H groups in total. The highest BCUT2D eigenvalue weighted by Crippen LogP contribution is 2.27. The molecule has 1 nitrogen and oxygen atoms in total. The normalized spacial score (nSPS) is 13.0. The van der Waals surface area contributed by atoms with Crippen LogP contribution in [0.5, 0.6) is 0 Å². The van der Waals surface area contributed by atoms with Crippen LogP contribution in [0.4, 0.5) is 0 Å². The Hall–Kier alpha value is -1.12. The average Bonchev–Trinajstić information content (AvgIpc) is 2.65. The lowest BCUT2D eigenvalue weighted by Gasteiger charge is -2.03. The van der Waals surface area contributed by atoms with Gasteiger partial charge < -0.3 is 5.73 Å². The second-order valence-electron chi connectivity index (χ2n) is 3.40. The SMILES string of the molecule is C=C/C=C\C(=C(/C)CN)c1ccc(C)s1. The molecule has 0 aliphatic heterocycles. The molecule has 0 fully saturated rings. The molecule has 1 aromatic heterocycles. The first-order valence-electron chi connectivity index (χ1n) is 4.94. The highest BCUT2D eigenvalue weighted by molar-refractivity contribution is 7.13. The number of hydrogen-bond donors (Lipinski definition) is 1. The van der Waals surface area contributed by atoms with Gasteiger partial charge in [0, 0.05) is 16.3 Å². The maximum atomic E-state index is 5.68. The summed E-state index contributed by atoms with van der Waals surface area (Å²) < 4.78 is 0. The number of thiophene rings is 1. The lowest BCUT2D eigenvalue weighted by atomic mass is 10.1. The molecule has 0 saturated heterocycles. The predicted molar refractivity (Wildman–Crippen MR) is 70.0 cm³/mol. The molecule has 0 aliphatic rings. The van der Waals surface area contributed by atoms with Crippen LogP contribution in [0.25, 0.3) is 5.57 Å². The van der Waals surface area contributed by atoms with Crippen molar-refractivity contribution < 1.29 is 0 Å². The van der Waals surface area contributed by atoms with E-state index in [1.54, 1.807) is 17.4 Å². The molecule has 15 heavy (non-hydrogen) atoms. The monoisotopic (exact) mass is 219 g/mol. The summed E-state index contributed by atoms with van der Waals surface area (Å²) in [4.78, 5) is 2.59. The second kappa shape index (κ2) is 5.69. The van der Waals surface area contributed by atoms with Crippen LogP contribution >= 0.6 is 11.3 Å². The zero-order valence-electron chi connectivity index (χ0n) is 9.29. The summed E-state index contributed by atoms with van der Waals surface area (Å²) in [5, 5.41) is 0. The Labute approximate surface area is 95.6 Å². The van der Waals surface area contributed by atoms with E-state index in [2.05, 4.69) is 38.6 Å². The van der Waals surface area contributed by atoms with E-state index in [0.29, 0.717) is 6.54 Å². The van der Waals surface area contributed by atoms with Crippen LogP contribution in [0.15, 0.2) is 42.5 Å². The molecule has 0 radical (unpaired) electrons. The third-order valence-corrected chi connectivity index (χ3v) is 3.20. The van der Waals surface area contributed by atoms with Crippen molar-refractivity contribution in [1.29, 1.82) is 0 Å². The maximum Gasteiger partial charge on any atom is 0.0345 e. The Morgan fingerprint density at radius 1 is 1.53 bits per heavy atom. The molecular formula is C13H17NS. The van der Waals surface area contributed by atoms with Crippen LogP contribution in [-0.4, -0.2) is 6.54 Å². The van der Waals surface area contributed by atoms with E-state index in [1.165, 1.54) is 20.9 Å². The van der Waals surface area contributed by atoms with Gasteiger partial charge in [-0.2, -0.15) is 0 Å². The van der Waals surface area contributed by atoms with Gasteiger partial charge in [-0.05, 0) is 31.6 Å². The van der Waals surface area contributed by atoms with E-state index in [4.69, 9.17) is 5.73 Å². The van der Waals surface area contributed by atoms with Gasteiger partial charge in [-0.25, -0.2) is 0 Å². The fraction of sp³-hybridized carbons (Fsp3) is 0.231. The number of nitrogens with two attached hydrogens (primary N) is 1. The summed E-state index contributed by atoms with van der Waals surface area (Å²) in [5.41, 5.74) is 8.10. The molecular weight excluding hydrogens is 202 g/mol. The minimum atomic E-state index is 0.591. The van der Waals surface area contributed by atoms with Crippen LogP contribution in [0.3, 0.4) is 0 Å². The summed E-state index contributed by atoms with van der Waals surface area (Å²) in [6.45, 7) is 8.45. The van der Waals surface area contributed by atoms with E-state index in [-0.39, 0.29) is 0 Å². The van der Waals surface area contributed by atoms with E-state index in [0.717, 1.165) is 0 Å². The van der Waals surface area contributed by atoms with Crippen LogP contribution in [-0.2, 0) is 0 Å².